The largest absolute Gasteiger partial charge is 0.374 e. The van der Waals surface area contributed by atoms with Crippen molar-refractivity contribution >= 4 is 33.3 Å². The lowest BCUT2D eigenvalue weighted by Crippen LogP contribution is -2.24. The maximum Gasteiger partial charge on any atom is 0.165 e. The van der Waals surface area contributed by atoms with Crippen molar-refractivity contribution in [2.45, 2.75) is 32.3 Å². The zero-order valence-corrected chi connectivity index (χ0v) is 12.3. The fraction of sp³-hybridized carbons (Fsp3) is 0.462. The molecule has 2 nitrogen and oxygen atoms in total. The van der Waals surface area contributed by atoms with Crippen LogP contribution in [0.1, 0.15) is 25.3 Å². The van der Waals surface area contributed by atoms with Crippen LogP contribution >= 0.6 is 27.5 Å². The molecule has 0 spiro atoms. The van der Waals surface area contributed by atoms with Crippen molar-refractivity contribution in [3.05, 3.63) is 33.3 Å². The molecule has 0 saturated carbocycles. The van der Waals surface area contributed by atoms with Gasteiger partial charge >= 0.3 is 0 Å². The number of halogens is 2. The van der Waals surface area contributed by atoms with Crippen LogP contribution in [0.2, 0.25) is 5.02 Å². The number of benzene rings is 1. The molecule has 94 valence electrons. The zero-order chi connectivity index (χ0) is 12.8. The molecule has 0 aliphatic carbocycles. The van der Waals surface area contributed by atoms with Crippen LogP contribution in [0, 0.1) is 0 Å². The Kier molecular flexibility index (Phi) is 6.17. The summed E-state index contributed by atoms with van der Waals surface area (Å²) in [7, 11) is 1.57. The summed E-state index contributed by atoms with van der Waals surface area (Å²) in [5.41, 5.74) is 0.845. The summed E-state index contributed by atoms with van der Waals surface area (Å²) in [6, 6.07) is 5.55. The van der Waals surface area contributed by atoms with Gasteiger partial charge < -0.3 is 4.74 Å². The molecule has 0 saturated heterocycles. The standard InChI is InChI=1S/C13H16BrClO2/c1-3-4-13(17-2)12(16)7-9-5-6-10(14)8-11(9)15/h5-6,8,13H,3-4,7H2,1-2H3. The van der Waals surface area contributed by atoms with Crippen molar-refractivity contribution in [2.75, 3.05) is 7.11 Å². The Bertz CT molecular complexity index is 393. The van der Waals surface area contributed by atoms with Crippen LogP contribution in [0.15, 0.2) is 22.7 Å². The minimum absolute atomic E-state index is 0.0820. The van der Waals surface area contributed by atoms with E-state index in [1.54, 1.807) is 13.2 Å². The molecule has 1 unspecified atom stereocenters. The van der Waals surface area contributed by atoms with Crippen molar-refractivity contribution in [3.63, 3.8) is 0 Å². The zero-order valence-electron chi connectivity index (χ0n) is 10.0. The molecule has 1 atom stereocenters. The monoisotopic (exact) mass is 318 g/mol. The van der Waals surface area contributed by atoms with E-state index >= 15 is 0 Å². The number of carbonyl (C=O) groups excluding carboxylic acids is 1. The highest BCUT2D eigenvalue weighted by atomic mass is 79.9. The normalized spacial score (nSPS) is 12.5. The molecule has 0 N–H and O–H groups in total. The third-order valence-corrected chi connectivity index (χ3v) is 3.42. The number of carbonyl (C=O) groups is 1. The van der Waals surface area contributed by atoms with Crippen LogP contribution in [0.5, 0.6) is 0 Å². The molecule has 1 aromatic rings. The summed E-state index contributed by atoms with van der Waals surface area (Å²) in [4.78, 5) is 12.0. The number of Topliss-reactive ketones (excluding diaryl/α,β-unsaturated/α-hetero) is 1. The van der Waals surface area contributed by atoms with Gasteiger partial charge in [-0.3, -0.25) is 4.79 Å². The third-order valence-electron chi connectivity index (χ3n) is 2.57. The van der Waals surface area contributed by atoms with E-state index in [1.807, 2.05) is 19.1 Å². The van der Waals surface area contributed by atoms with Gasteiger partial charge in [0.05, 0.1) is 0 Å². The van der Waals surface area contributed by atoms with E-state index in [1.165, 1.54) is 0 Å². The lowest BCUT2D eigenvalue weighted by atomic mass is 10.0. The molecule has 0 fully saturated rings. The maximum atomic E-state index is 12.0. The van der Waals surface area contributed by atoms with E-state index < -0.39 is 0 Å². The Hall–Kier alpha value is -0.380. The van der Waals surface area contributed by atoms with Crippen LogP contribution in [0.4, 0.5) is 0 Å². The molecule has 0 aliphatic heterocycles. The highest BCUT2D eigenvalue weighted by molar-refractivity contribution is 9.10. The molecule has 0 amide bonds. The van der Waals surface area contributed by atoms with Gasteiger partial charge in [-0.2, -0.15) is 0 Å². The van der Waals surface area contributed by atoms with Gasteiger partial charge in [0.1, 0.15) is 6.10 Å². The summed E-state index contributed by atoms with van der Waals surface area (Å²) in [5, 5.41) is 0.610. The predicted octanol–water partition coefficient (Wildman–Crippen LogP) is 4.03. The fourth-order valence-corrected chi connectivity index (χ4v) is 2.38. The van der Waals surface area contributed by atoms with Gasteiger partial charge in [-0.15, -0.1) is 0 Å². The molecule has 0 heterocycles. The molecule has 4 heteroatoms. The number of methoxy groups -OCH3 is 1. The molecule has 17 heavy (non-hydrogen) atoms. The fourth-order valence-electron chi connectivity index (χ4n) is 1.64. The second-order valence-corrected chi connectivity index (χ2v) is 5.21. The second kappa shape index (κ2) is 7.14. The highest BCUT2D eigenvalue weighted by Gasteiger charge is 2.18. The van der Waals surface area contributed by atoms with E-state index in [-0.39, 0.29) is 11.9 Å². The molecule has 1 rings (SSSR count). The summed E-state index contributed by atoms with van der Waals surface area (Å²) in [6.07, 6.45) is 1.69. The first-order chi connectivity index (χ1) is 8.08. The predicted molar refractivity (Wildman–Crippen MR) is 73.6 cm³/mol. The van der Waals surface area contributed by atoms with Crippen molar-refractivity contribution < 1.29 is 9.53 Å². The van der Waals surface area contributed by atoms with Crippen LogP contribution in [-0.2, 0) is 16.0 Å². The number of ketones is 1. The van der Waals surface area contributed by atoms with Crippen molar-refractivity contribution in [1.29, 1.82) is 0 Å². The quantitative estimate of drug-likeness (QED) is 0.791. The van der Waals surface area contributed by atoms with Crippen molar-refractivity contribution in [2.24, 2.45) is 0 Å². The minimum atomic E-state index is -0.320. The van der Waals surface area contributed by atoms with Crippen LogP contribution in [0.25, 0.3) is 0 Å². The first-order valence-corrected chi connectivity index (χ1v) is 6.75. The van der Waals surface area contributed by atoms with Crippen molar-refractivity contribution in [1.82, 2.24) is 0 Å². The number of ether oxygens (including phenoxy) is 1. The van der Waals surface area contributed by atoms with Gasteiger partial charge in [-0.1, -0.05) is 46.9 Å². The van der Waals surface area contributed by atoms with Crippen molar-refractivity contribution in [3.8, 4) is 0 Å². The molecule has 0 bridgehead atoms. The van der Waals surface area contributed by atoms with E-state index in [0.717, 1.165) is 22.9 Å². The van der Waals surface area contributed by atoms with Gasteiger partial charge in [0.15, 0.2) is 5.78 Å². The van der Waals surface area contributed by atoms with Crippen LogP contribution in [0.3, 0.4) is 0 Å². The second-order valence-electron chi connectivity index (χ2n) is 3.89. The maximum absolute atomic E-state index is 12.0. The van der Waals surface area contributed by atoms with E-state index in [0.29, 0.717) is 11.4 Å². The summed E-state index contributed by atoms with van der Waals surface area (Å²) in [6.45, 7) is 2.03. The Balaban J connectivity index is 2.73. The topological polar surface area (TPSA) is 26.3 Å². The minimum Gasteiger partial charge on any atom is -0.374 e. The van der Waals surface area contributed by atoms with Gasteiger partial charge in [0.2, 0.25) is 0 Å². The molecule has 0 aromatic heterocycles. The molecule has 1 aromatic carbocycles. The average Bonchev–Trinajstić information content (AvgIpc) is 2.29. The first-order valence-electron chi connectivity index (χ1n) is 5.58. The lowest BCUT2D eigenvalue weighted by molar-refractivity contribution is -0.128. The molecular weight excluding hydrogens is 303 g/mol. The lowest BCUT2D eigenvalue weighted by Gasteiger charge is -2.13. The Morgan fingerprint density at radius 1 is 1.53 bits per heavy atom. The Morgan fingerprint density at radius 3 is 2.76 bits per heavy atom. The first kappa shape index (κ1) is 14.7. The third kappa shape index (κ3) is 4.41. The Morgan fingerprint density at radius 2 is 2.24 bits per heavy atom. The van der Waals surface area contributed by atoms with Crippen LogP contribution in [-0.4, -0.2) is 19.0 Å². The van der Waals surface area contributed by atoms with E-state index in [9.17, 15) is 4.79 Å². The Labute approximate surface area is 115 Å². The van der Waals surface area contributed by atoms with Gasteiger partial charge in [-0.25, -0.2) is 0 Å². The average molecular weight is 320 g/mol. The summed E-state index contributed by atoms with van der Waals surface area (Å²) >= 11 is 9.41. The summed E-state index contributed by atoms with van der Waals surface area (Å²) < 4.78 is 6.10. The van der Waals surface area contributed by atoms with Crippen LogP contribution < -0.4 is 0 Å². The number of hydrogen-bond acceptors (Lipinski definition) is 2. The van der Waals surface area contributed by atoms with Gasteiger partial charge in [0.25, 0.3) is 0 Å². The summed E-state index contributed by atoms with van der Waals surface area (Å²) in [5.74, 6) is 0.0820. The SMILES string of the molecule is CCCC(OC)C(=O)Cc1ccc(Br)cc1Cl. The van der Waals surface area contributed by atoms with E-state index in [2.05, 4.69) is 15.9 Å². The smallest absolute Gasteiger partial charge is 0.165 e. The highest BCUT2D eigenvalue weighted by Crippen LogP contribution is 2.22. The van der Waals surface area contributed by atoms with Gasteiger partial charge in [-0.05, 0) is 24.1 Å². The van der Waals surface area contributed by atoms with E-state index in [4.69, 9.17) is 16.3 Å². The molecule has 0 radical (unpaired) electrons. The number of hydrogen-bond donors (Lipinski definition) is 0. The molecular formula is C13H16BrClO2. The van der Waals surface area contributed by atoms with Gasteiger partial charge in [0, 0.05) is 23.0 Å². The molecule has 0 aliphatic rings. The number of rotatable bonds is 6.